The lowest BCUT2D eigenvalue weighted by Gasteiger charge is -2.18. The maximum Gasteiger partial charge on any atom is 0.306 e. The summed E-state index contributed by atoms with van der Waals surface area (Å²) in [7, 11) is 0. The van der Waals surface area contributed by atoms with Crippen molar-refractivity contribution in [2.24, 2.45) is 0 Å². The maximum absolute atomic E-state index is 13.0. The van der Waals surface area contributed by atoms with Gasteiger partial charge in [-0.05, 0) is 57.8 Å². The fourth-order valence-corrected chi connectivity index (χ4v) is 11.3. The molecule has 0 aliphatic heterocycles. The minimum Gasteiger partial charge on any atom is -0.462 e. The second kappa shape index (κ2) is 71.8. The van der Waals surface area contributed by atoms with Crippen molar-refractivity contribution in [2.75, 3.05) is 13.2 Å². The van der Waals surface area contributed by atoms with E-state index in [0.29, 0.717) is 19.3 Å². The fraction of sp³-hybridized carbons (Fsp3) is 0.857. The first kappa shape index (κ1) is 80.4. The van der Waals surface area contributed by atoms with Crippen molar-refractivity contribution in [1.82, 2.24) is 0 Å². The van der Waals surface area contributed by atoms with Gasteiger partial charge in [0, 0.05) is 19.3 Å². The summed E-state index contributed by atoms with van der Waals surface area (Å²) in [6.45, 7) is 6.61. The van der Waals surface area contributed by atoms with Gasteiger partial charge in [-0.25, -0.2) is 0 Å². The van der Waals surface area contributed by atoms with E-state index in [0.717, 1.165) is 83.5 Å². The normalized spacial score (nSPS) is 12.3. The highest BCUT2D eigenvalue weighted by atomic mass is 16.6. The number of hydrogen-bond acceptors (Lipinski definition) is 6. The lowest BCUT2D eigenvalue weighted by atomic mass is 10.0. The molecule has 0 aromatic heterocycles. The quantitative estimate of drug-likeness (QED) is 0.0261. The van der Waals surface area contributed by atoms with E-state index in [2.05, 4.69) is 69.4 Å². The van der Waals surface area contributed by atoms with E-state index in [4.69, 9.17) is 14.2 Å². The third-order valence-electron chi connectivity index (χ3n) is 16.8. The predicted octanol–water partition coefficient (Wildman–Crippen LogP) is 25.7. The smallest absolute Gasteiger partial charge is 0.306 e. The molecular formula is C77H142O6. The Bertz CT molecular complexity index is 1430. The lowest BCUT2D eigenvalue weighted by molar-refractivity contribution is -0.167. The van der Waals surface area contributed by atoms with Crippen LogP contribution in [-0.2, 0) is 28.6 Å². The Labute approximate surface area is 518 Å². The van der Waals surface area contributed by atoms with Crippen LogP contribution in [0.1, 0.15) is 406 Å². The Balaban J connectivity index is 4.14. The zero-order valence-electron chi connectivity index (χ0n) is 56.0. The topological polar surface area (TPSA) is 78.9 Å². The number of carbonyl (C=O) groups is 3. The highest BCUT2D eigenvalue weighted by Gasteiger charge is 2.20. The van der Waals surface area contributed by atoms with E-state index in [1.54, 1.807) is 0 Å². The Morgan fingerprint density at radius 1 is 0.253 bits per heavy atom. The van der Waals surface area contributed by atoms with E-state index >= 15 is 0 Å². The summed E-state index contributed by atoms with van der Waals surface area (Å²) < 4.78 is 17.0. The monoisotopic (exact) mass is 1160 g/mol. The molecule has 0 aromatic carbocycles. The second-order valence-electron chi connectivity index (χ2n) is 25.2. The van der Waals surface area contributed by atoms with Crippen LogP contribution in [0.5, 0.6) is 0 Å². The van der Waals surface area contributed by atoms with Crippen molar-refractivity contribution in [3.8, 4) is 0 Å². The highest BCUT2D eigenvalue weighted by molar-refractivity contribution is 5.71. The standard InChI is InChI=1S/C77H142O6/c1-4-7-10-13-16-19-22-25-27-29-31-33-35-36-37-38-39-40-41-42-43-45-46-48-50-52-55-58-61-64-67-70-76(79)82-73-74(72-81-75(78)69-66-63-60-57-54-24-21-18-15-12-9-6-3)83-77(80)71-68-65-62-59-56-53-51-49-47-44-34-32-30-28-26-23-20-17-14-11-8-5-2/h7,10,16,19,25,27,31,33,74H,4-6,8-9,11-15,17-18,20-24,26,28-30,32,34-73H2,1-3H3/b10-7-,19-16-,27-25-,33-31-. The number of unbranched alkanes of at least 4 members (excludes halogenated alkanes) is 50. The molecule has 0 rings (SSSR count). The van der Waals surface area contributed by atoms with E-state index in [1.165, 1.54) is 283 Å². The molecule has 0 fully saturated rings. The van der Waals surface area contributed by atoms with Crippen LogP contribution in [0.15, 0.2) is 48.6 Å². The van der Waals surface area contributed by atoms with Crippen LogP contribution in [0.2, 0.25) is 0 Å². The molecular weight excluding hydrogens is 1020 g/mol. The van der Waals surface area contributed by atoms with Crippen LogP contribution >= 0.6 is 0 Å². The van der Waals surface area contributed by atoms with Gasteiger partial charge in [0.15, 0.2) is 6.10 Å². The number of esters is 3. The van der Waals surface area contributed by atoms with E-state index in [1.807, 2.05) is 0 Å². The molecule has 6 nitrogen and oxygen atoms in total. The van der Waals surface area contributed by atoms with Crippen molar-refractivity contribution in [3.63, 3.8) is 0 Å². The Morgan fingerprint density at radius 3 is 0.735 bits per heavy atom. The summed E-state index contributed by atoms with van der Waals surface area (Å²) in [6.07, 6.45) is 91.6. The molecule has 6 heteroatoms. The minimum absolute atomic E-state index is 0.0647. The van der Waals surface area contributed by atoms with Crippen LogP contribution in [0.4, 0.5) is 0 Å². The average Bonchev–Trinajstić information content (AvgIpc) is 3.49. The molecule has 0 aliphatic rings. The Kier molecular flexibility index (Phi) is 69.6. The van der Waals surface area contributed by atoms with Gasteiger partial charge >= 0.3 is 17.9 Å². The Morgan fingerprint density at radius 2 is 0.470 bits per heavy atom. The third kappa shape index (κ3) is 70.0. The average molecular weight is 1160 g/mol. The number of rotatable bonds is 69. The van der Waals surface area contributed by atoms with Crippen LogP contribution in [0, 0.1) is 0 Å². The third-order valence-corrected chi connectivity index (χ3v) is 16.8. The van der Waals surface area contributed by atoms with Gasteiger partial charge in [0.25, 0.3) is 0 Å². The van der Waals surface area contributed by atoms with Crippen molar-refractivity contribution in [2.45, 2.75) is 412 Å². The molecule has 0 saturated heterocycles. The van der Waals surface area contributed by atoms with Gasteiger partial charge in [-0.2, -0.15) is 0 Å². The highest BCUT2D eigenvalue weighted by Crippen LogP contribution is 2.19. The molecule has 0 saturated carbocycles. The molecule has 0 heterocycles. The molecule has 0 aromatic rings. The van der Waals surface area contributed by atoms with Crippen molar-refractivity contribution in [1.29, 1.82) is 0 Å². The van der Waals surface area contributed by atoms with Gasteiger partial charge in [0.1, 0.15) is 13.2 Å². The van der Waals surface area contributed by atoms with Crippen molar-refractivity contribution < 1.29 is 28.6 Å². The molecule has 1 atom stereocenters. The van der Waals surface area contributed by atoms with E-state index in [9.17, 15) is 14.4 Å². The molecule has 83 heavy (non-hydrogen) atoms. The minimum atomic E-state index is -0.768. The van der Waals surface area contributed by atoms with E-state index < -0.39 is 6.10 Å². The number of hydrogen-bond donors (Lipinski definition) is 0. The zero-order chi connectivity index (χ0) is 59.9. The number of ether oxygens (including phenoxy) is 3. The lowest BCUT2D eigenvalue weighted by Crippen LogP contribution is -2.30. The van der Waals surface area contributed by atoms with Gasteiger partial charge in [0.05, 0.1) is 0 Å². The second-order valence-corrected chi connectivity index (χ2v) is 25.2. The first-order chi connectivity index (χ1) is 41.0. The van der Waals surface area contributed by atoms with Gasteiger partial charge in [-0.15, -0.1) is 0 Å². The van der Waals surface area contributed by atoms with Gasteiger partial charge in [-0.1, -0.05) is 378 Å². The summed E-state index contributed by atoms with van der Waals surface area (Å²) in [5, 5.41) is 0. The van der Waals surface area contributed by atoms with Gasteiger partial charge in [-0.3, -0.25) is 14.4 Å². The zero-order valence-corrected chi connectivity index (χ0v) is 56.0. The maximum atomic E-state index is 13.0. The van der Waals surface area contributed by atoms with Crippen LogP contribution in [-0.4, -0.2) is 37.2 Å². The predicted molar refractivity (Wildman–Crippen MR) is 362 cm³/mol. The molecule has 1 unspecified atom stereocenters. The number of carbonyl (C=O) groups excluding carboxylic acids is 3. The van der Waals surface area contributed by atoms with Gasteiger partial charge < -0.3 is 14.2 Å². The van der Waals surface area contributed by atoms with E-state index in [-0.39, 0.29) is 31.1 Å². The SMILES string of the molecule is CC/C=C\C/C=C\C/C=C\C/C=C\CCCCCCCCCCCCCCCCCCCCC(=O)OCC(COC(=O)CCCCCCCCCCCCCC)OC(=O)CCCCCCCCCCCCCCCCCCCCCCCC. The molecule has 0 spiro atoms. The summed E-state index contributed by atoms with van der Waals surface area (Å²) in [5.41, 5.74) is 0. The molecule has 0 bridgehead atoms. The Hall–Kier alpha value is -2.63. The van der Waals surface area contributed by atoms with Gasteiger partial charge in [0.2, 0.25) is 0 Å². The summed E-state index contributed by atoms with van der Waals surface area (Å²) >= 11 is 0. The van der Waals surface area contributed by atoms with Crippen molar-refractivity contribution in [3.05, 3.63) is 48.6 Å². The summed E-state index contributed by atoms with van der Waals surface area (Å²) in [5.74, 6) is -0.832. The first-order valence-electron chi connectivity index (χ1n) is 37.1. The van der Waals surface area contributed by atoms with Crippen molar-refractivity contribution >= 4 is 17.9 Å². The summed E-state index contributed by atoms with van der Waals surface area (Å²) in [6, 6.07) is 0. The van der Waals surface area contributed by atoms with Crippen LogP contribution in [0.25, 0.3) is 0 Å². The number of allylic oxidation sites excluding steroid dienone is 8. The summed E-state index contributed by atoms with van der Waals surface area (Å²) in [4.78, 5) is 38.4. The molecule has 0 aliphatic carbocycles. The molecule has 0 radical (unpaired) electrons. The largest absolute Gasteiger partial charge is 0.462 e. The first-order valence-corrected chi connectivity index (χ1v) is 37.1. The van der Waals surface area contributed by atoms with Crippen LogP contribution in [0.3, 0.4) is 0 Å². The molecule has 0 amide bonds. The fourth-order valence-electron chi connectivity index (χ4n) is 11.3. The molecule has 486 valence electrons. The molecule has 0 N–H and O–H groups in total. The van der Waals surface area contributed by atoms with Crippen LogP contribution < -0.4 is 0 Å².